The third-order valence-corrected chi connectivity index (χ3v) is 4.18. The van der Waals surface area contributed by atoms with Crippen LogP contribution in [0.2, 0.25) is 0 Å². The maximum atomic E-state index is 5.57. The number of rotatable bonds is 4. The number of hydrogen-bond donors (Lipinski definition) is 1. The molecule has 0 aliphatic carbocycles. The topological polar surface area (TPSA) is 43.0 Å². The zero-order chi connectivity index (χ0) is 15.5. The van der Waals surface area contributed by atoms with Gasteiger partial charge < -0.3 is 9.73 Å². The molecule has 1 aromatic heterocycles. The normalized spacial score (nSPS) is 10.6. The molecule has 3 rings (SSSR count). The maximum absolute atomic E-state index is 5.57. The van der Waals surface area contributed by atoms with Crippen LogP contribution in [0.15, 0.2) is 57.4 Å². The van der Waals surface area contributed by atoms with Crippen molar-refractivity contribution in [2.45, 2.75) is 13.6 Å². The molecule has 3 aromatic rings. The Bertz CT molecular complexity index is 839. The lowest BCUT2D eigenvalue weighted by atomic mass is 10.1. The second kappa shape index (κ2) is 6.46. The van der Waals surface area contributed by atoms with Crippen LogP contribution in [-0.4, -0.2) is 9.78 Å². The number of halogens is 1. The van der Waals surface area contributed by atoms with Crippen LogP contribution in [0, 0.1) is 11.8 Å². The number of anilines is 1. The van der Waals surface area contributed by atoms with E-state index in [4.69, 9.17) is 16.6 Å². The van der Waals surface area contributed by atoms with Gasteiger partial charge in [0.2, 0.25) is 5.89 Å². The van der Waals surface area contributed by atoms with Gasteiger partial charge in [0, 0.05) is 15.7 Å². The molecule has 0 aliphatic heterocycles. The summed E-state index contributed by atoms with van der Waals surface area (Å²) in [5, 5.41) is 7.69. The zero-order valence-corrected chi connectivity index (χ0v) is 14.3. The Balaban J connectivity index is 1.80. The Hall–Kier alpha value is -1.92. The Kier molecular flexibility index (Phi) is 4.40. The molecule has 0 spiro atoms. The van der Waals surface area contributed by atoms with Crippen molar-refractivity contribution in [3.05, 3.63) is 63.4 Å². The summed E-state index contributed by atoms with van der Waals surface area (Å²) in [5.41, 5.74) is 3.08. The summed E-state index contributed by atoms with van der Waals surface area (Å²) >= 11 is 8.72. The smallest absolute Gasteiger partial charge is 0.289 e. The van der Waals surface area contributed by atoms with E-state index in [-0.39, 0.29) is 0 Å². The molecule has 2 aromatic carbocycles. The van der Waals surface area contributed by atoms with Crippen molar-refractivity contribution < 1.29 is 4.42 Å². The quantitative estimate of drug-likeness (QED) is 0.650. The molecular formula is C16H14BrN3OS. The molecule has 0 radical (unpaired) electrons. The first kappa shape index (κ1) is 15.0. The first-order valence-corrected chi connectivity index (χ1v) is 7.97. The average Bonchev–Trinajstić information content (AvgIpc) is 2.88. The molecule has 1 heterocycles. The monoisotopic (exact) mass is 375 g/mol. The van der Waals surface area contributed by atoms with Gasteiger partial charge in [-0.1, -0.05) is 29.8 Å². The number of nitrogens with zero attached hydrogens (tertiary/aromatic N) is 2. The highest BCUT2D eigenvalue weighted by Gasteiger charge is 2.08. The van der Waals surface area contributed by atoms with Crippen LogP contribution < -0.4 is 5.32 Å². The summed E-state index contributed by atoms with van der Waals surface area (Å²) in [6.45, 7) is 2.48. The van der Waals surface area contributed by atoms with Crippen molar-refractivity contribution in [1.29, 1.82) is 0 Å². The van der Waals surface area contributed by atoms with Gasteiger partial charge in [-0.3, -0.25) is 0 Å². The number of hydrogen-bond acceptors (Lipinski definition) is 4. The largest absolute Gasteiger partial charge is 0.409 e. The van der Waals surface area contributed by atoms with Gasteiger partial charge in [-0.05, 0) is 59.3 Å². The summed E-state index contributed by atoms with van der Waals surface area (Å²) < 4.78 is 8.19. The fourth-order valence-corrected chi connectivity index (χ4v) is 2.59. The van der Waals surface area contributed by atoms with Crippen molar-refractivity contribution in [3.63, 3.8) is 0 Å². The van der Waals surface area contributed by atoms with Crippen LogP contribution in [0.25, 0.3) is 11.5 Å². The summed E-state index contributed by atoms with van der Waals surface area (Å²) in [6, 6.07) is 15.9. The van der Waals surface area contributed by atoms with Gasteiger partial charge in [-0.25, -0.2) is 4.68 Å². The fraction of sp³-hybridized carbons (Fsp3) is 0.125. The summed E-state index contributed by atoms with van der Waals surface area (Å²) in [7, 11) is 0. The Morgan fingerprint density at radius 3 is 2.64 bits per heavy atom. The molecule has 0 saturated carbocycles. The third-order valence-electron chi connectivity index (χ3n) is 3.20. The van der Waals surface area contributed by atoms with Gasteiger partial charge in [-0.2, -0.15) is 0 Å². The van der Waals surface area contributed by atoms with E-state index in [0.29, 0.717) is 17.4 Å². The molecule has 1 N–H and O–H groups in total. The van der Waals surface area contributed by atoms with Crippen molar-refractivity contribution in [2.24, 2.45) is 0 Å². The van der Waals surface area contributed by atoms with Gasteiger partial charge in [0.1, 0.15) is 6.67 Å². The molecule has 6 heteroatoms. The SMILES string of the molecule is Cc1ccc(-c2nn(CNc3ccccc3Br)c(=S)o2)cc1. The van der Waals surface area contributed by atoms with Gasteiger partial charge in [-0.15, -0.1) is 5.10 Å². The molecule has 22 heavy (non-hydrogen) atoms. The van der Waals surface area contributed by atoms with Crippen molar-refractivity contribution in [1.82, 2.24) is 9.78 Å². The lowest BCUT2D eigenvalue weighted by Gasteiger charge is -2.07. The van der Waals surface area contributed by atoms with Crippen LogP contribution in [-0.2, 0) is 6.67 Å². The predicted octanol–water partition coefficient (Wildman–Crippen LogP) is 5.01. The molecule has 112 valence electrons. The highest BCUT2D eigenvalue weighted by Crippen LogP contribution is 2.22. The Morgan fingerprint density at radius 2 is 1.91 bits per heavy atom. The van der Waals surface area contributed by atoms with E-state index in [2.05, 4.69) is 26.3 Å². The molecule has 0 fully saturated rings. The summed E-state index contributed by atoms with van der Waals surface area (Å²) in [4.78, 5) is 0.343. The minimum absolute atomic E-state index is 0.343. The molecule has 0 aliphatic rings. The van der Waals surface area contributed by atoms with Crippen LogP contribution in [0.5, 0.6) is 0 Å². The number of aryl methyl sites for hydroxylation is 1. The van der Waals surface area contributed by atoms with Crippen molar-refractivity contribution in [2.75, 3.05) is 5.32 Å². The van der Waals surface area contributed by atoms with E-state index in [1.807, 2.05) is 55.5 Å². The van der Waals surface area contributed by atoms with Gasteiger partial charge in [0.05, 0.1) is 0 Å². The molecule has 0 amide bonds. The van der Waals surface area contributed by atoms with Crippen LogP contribution in [0.1, 0.15) is 5.56 Å². The molecule has 0 bridgehead atoms. The van der Waals surface area contributed by atoms with E-state index in [1.54, 1.807) is 4.68 Å². The lowest BCUT2D eigenvalue weighted by Crippen LogP contribution is -2.09. The second-order valence-electron chi connectivity index (χ2n) is 4.85. The van der Waals surface area contributed by atoms with E-state index in [0.717, 1.165) is 15.7 Å². The third kappa shape index (κ3) is 3.28. The fourth-order valence-electron chi connectivity index (χ4n) is 1.98. The molecule has 0 saturated heterocycles. The van der Waals surface area contributed by atoms with Gasteiger partial charge in [0.25, 0.3) is 4.84 Å². The van der Waals surface area contributed by atoms with Crippen molar-refractivity contribution >= 4 is 33.8 Å². The first-order valence-electron chi connectivity index (χ1n) is 6.77. The number of para-hydroxylation sites is 1. The Morgan fingerprint density at radius 1 is 1.18 bits per heavy atom. The number of nitrogens with one attached hydrogen (secondary N) is 1. The highest BCUT2D eigenvalue weighted by atomic mass is 79.9. The standard InChI is InChI=1S/C16H14BrN3OS/c1-11-6-8-12(9-7-11)15-19-20(16(22)21-15)10-18-14-5-3-2-4-13(14)17/h2-9,18H,10H2,1H3. The van der Waals surface area contributed by atoms with E-state index in [1.165, 1.54) is 5.56 Å². The van der Waals surface area contributed by atoms with Crippen molar-refractivity contribution in [3.8, 4) is 11.5 Å². The maximum Gasteiger partial charge on any atom is 0.289 e. The number of aromatic nitrogens is 2. The predicted molar refractivity (Wildman–Crippen MR) is 93.3 cm³/mol. The van der Waals surface area contributed by atoms with E-state index in [9.17, 15) is 0 Å². The van der Waals surface area contributed by atoms with Crippen LogP contribution in [0.3, 0.4) is 0 Å². The highest BCUT2D eigenvalue weighted by molar-refractivity contribution is 9.10. The lowest BCUT2D eigenvalue weighted by molar-refractivity contribution is 0.522. The van der Waals surface area contributed by atoms with Gasteiger partial charge in [0.15, 0.2) is 0 Å². The van der Waals surface area contributed by atoms with Gasteiger partial charge >= 0.3 is 0 Å². The minimum atomic E-state index is 0.343. The summed E-state index contributed by atoms with van der Waals surface area (Å²) in [5.74, 6) is 0.527. The molecule has 0 atom stereocenters. The molecule has 0 unspecified atom stereocenters. The minimum Gasteiger partial charge on any atom is -0.409 e. The van der Waals surface area contributed by atoms with Crippen LogP contribution in [0.4, 0.5) is 5.69 Å². The zero-order valence-electron chi connectivity index (χ0n) is 11.9. The van der Waals surface area contributed by atoms with Crippen LogP contribution >= 0.6 is 28.1 Å². The summed E-state index contributed by atoms with van der Waals surface area (Å²) in [6.07, 6.45) is 0. The van der Waals surface area contributed by atoms with E-state index >= 15 is 0 Å². The number of benzene rings is 2. The first-order chi connectivity index (χ1) is 10.6. The molecule has 4 nitrogen and oxygen atoms in total. The van der Waals surface area contributed by atoms with E-state index < -0.39 is 0 Å². The molecular weight excluding hydrogens is 362 g/mol. The average molecular weight is 376 g/mol. The second-order valence-corrected chi connectivity index (χ2v) is 6.06. The Labute approximate surface area is 141 Å².